The highest BCUT2D eigenvalue weighted by Gasteiger charge is 2.68. The predicted molar refractivity (Wildman–Crippen MR) is 52.3 cm³/mol. The molecule has 0 saturated heterocycles. The van der Waals surface area contributed by atoms with E-state index in [9.17, 15) is 22.0 Å². The molecule has 7 heteroatoms. The fourth-order valence-corrected chi connectivity index (χ4v) is 2.85. The second kappa shape index (κ2) is 3.24. The van der Waals surface area contributed by atoms with Gasteiger partial charge in [0, 0.05) is 18.0 Å². The lowest BCUT2D eigenvalue weighted by atomic mass is 10.1. The summed E-state index contributed by atoms with van der Waals surface area (Å²) in [6, 6.07) is 0. The summed E-state index contributed by atoms with van der Waals surface area (Å²) in [6.45, 7) is 1.81. The van der Waals surface area contributed by atoms with Gasteiger partial charge in [-0.15, -0.1) is 0 Å². The van der Waals surface area contributed by atoms with Crippen LogP contribution in [0.4, 0.5) is 22.0 Å². The van der Waals surface area contributed by atoms with Crippen molar-refractivity contribution in [3.8, 4) is 0 Å². The Kier molecular flexibility index (Phi) is 2.15. The van der Waals surface area contributed by atoms with Crippen molar-refractivity contribution in [1.82, 2.24) is 9.78 Å². The summed E-state index contributed by atoms with van der Waals surface area (Å²) in [4.78, 5) is 0. The van der Waals surface area contributed by atoms with Crippen molar-refractivity contribution in [2.45, 2.75) is 44.3 Å². The van der Waals surface area contributed by atoms with Crippen molar-refractivity contribution < 1.29 is 22.0 Å². The minimum Gasteiger partial charge on any atom is -0.263 e. The summed E-state index contributed by atoms with van der Waals surface area (Å²) in [7, 11) is 0. The van der Waals surface area contributed by atoms with Crippen molar-refractivity contribution in [2.24, 2.45) is 5.92 Å². The standard InChI is InChI=1S/C11H11F5N2/c1-2-3-18-9-7(8(17-18)11(14,15)16)5-4-6(5)10(9,12)13/h5-6H,2-4H2,1H3/t5-,6+/m1/s1. The average molecular weight is 266 g/mol. The summed E-state index contributed by atoms with van der Waals surface area (Å²) in [5.74, 6) is -4.77. The maximum absolute atomic E-state index is 13.9. The van der Waals surface area contributed by atoms with E-state index in [1.807, 2.05) is 0 Å². The topological polar surface area (TPSA) is 17.8 Å². The molecule has 3 rings (SSSR count). The molecule has 1 saturated carbocycles. The molecule has 1 heterocycles. The Labute approximate surface area is 99.8 Å². The Bertz CT molecular complexity index is 502. The third kappa shape index (κ3) is 1.36. The van der Waals surface area contributed by atoms with Crippen LogP contribution < -0.4 is 0 Å². The second-order valence-corrected chi connectivity index (χ2v) is 4.90. The van der Waals surface area contributed by atoms with Gasteiger partial charge in [-0.25, -0.2) is 0 Å². The van der Waals surface area contributed by atoms with Crippen LogP contribution in [0.15, 0.2) is 0 Å². The molecule has 18 heavy (non-hydrogen) atoms. The van der Waals surface area contributed by atoms with Gasteiger partial charge >= 0.3 is 6.18 Å². The highest BCUT2D eigenvalue weighted by molar-refractivity contribution is 5.46. The molecule has 0 aliphatic heterocycles. The highest BCUT2D eigenvalue weighted by atomic mass is 19.4. The smallest absolute Gasteiger partial charge is 0.263 e. The van der Waals surface area contributed by atoms with Gasteiger partial charge in [-0.05, 0) is 18.8 Å². The third-order valence-corrected chi connectivity index (χ3v) is 3.64. The van der Waals surface area contributed by atoms with E-state index in [1.165, 1.54) is 0 Å². The third-order valence-electron chi connectivity index (χ3n) is 3.64. The van der Waals surface area contributed by atoms with E-state index in [0.717, 1.165) is 4.68 Å². The molecular weight excluding hydrogens is 255 g/mol. The lowest BCUT2D eigenvalue weighted by Gasteiger charge is -2.14. The van der Waals surface area contributed by atoms with Gasteiger partial charge in [0.05, 0.1) is 0 Å². The lowest BCUT2D eigenvalue weighted by Crippen LogP contribution is -2.20. The average Bonchev–Trinajstić information content (AvgIpc) is 2.87. The number of aryl methyl sites for hydroxylation is 1. The maximum atomic E-state index is 13.9. The first-order valence-electron chi connectivity index (χ1n) is 5.84. The molecule has 2 aliphatic carbocycles. The van der Waals surface area contributed by atoms with Gasteiger partial charge in [-0.1, -0.05) is 6.92 Å². The number of rotatable bonds is 2. The van der Waals surface area contributed by atoms with E-state index in [1.54, 1.807) is 6.92 Å². The van der Waals surface area contributed by atoms with Gasteiger partial charge < -0.3 is 0 Å². The summed E-state index contributed by atoms with van der Waals surface area (Å²) >= 11 is 0. The molecule has 0 aromatic carbocycles. The predicted octanol–water partition coefficient (Wildman–Crippen LogP) is 3.52. The van der Waals surface area contributed by atoms with Gasteiger partial charge in [0.25, 0.3) is 5.92 Å². The number of halogens is 5. The molecule has 0 radical (unpaired) electrons. The molecule has 1 aromatic heterocycles. The molecule has 100 valence electrons. The van der Waals surface area contributed by atoms with E-state index in [2.05, 4.69) is 5.10 Å². The Balaban J connectivity index is 2.19. The van der Waals surface area contributed by atoms with E-state index < -0.39 is 35.3 Å². The Morgan fingerprint density at radius 1 is 1.39 bits per heavy atom. The summed E-state index contributed by atoms with van der Waals surface area (Å²) in [5, 5.41) is 3.38. The SMILES string of the molecule is CCCn1nc(C(F)(F)F)c2c1C(F)(F)[C@H]1C[C@@H]21. The van der Waals surface area contributed by atoms with Crippen LogP contribution in [0.5, 0.6) is 0 Å². The molecule has 0 amide bonds. The van der Waals surface area contributed by atoms with Gasteiger partial charge in [-0.3, -0.25) is 4.68 Å². The summed E-state index contributed by atoms with van der Waals surface area (Å²) in [6.07, 6.45) is -4.05. The second-order valence-electron chi connectivity index (χ2n) is 4.90. The van der Waals surface area contributed by atoms with Crippen molar-refractivity contribution in [3.63, 3.8) is 0 Å². The Hall–Kier alpha value is -1.14. The molecule has 1 aromatic rings. The van der Waals surface area contributed by atoms with Crippen LogP contribution >= 0.6 is 0 Å². The first-order chi connectivity index (χ1) is 8.28. The van der Waals surface area contributed by atoms with Crippen LogP contribution in [-0.2, 0) is 18.6 Å². The molecular formula is C11H11F5N2. The van der Waals surface area contributed by atoms with Crippen LogP contribution in [0, 0.1) is 5.92 Å². The first kappa shape index (κ1) is 11.9. The molecule has 1 fully saturated rings. The molecule has 2 aliphatic rings. The minimum absolute atomic E-state index is 0.0907. The zero-order valence-corrected chi connectivity index (χ0v) is 9.56. The highest BCUT2D eigenvalue weighted by Crippen LogP contribution is 2.68. The lowest BCUT2D eigenvalue weighted by molar-refractivity contribution is -0.142. The van der Waals surface area contributed by atoms with Crippen LogP contribution in [0.3, 0.4) is 0 Å². The Morgan fingerprint density at radius 2 is 2.06 bits per heavy atom. The zero-order valence-electron chi connectivity index (χ0n) is 9.56. The van der Waals surface area contributed by atoms with Crippen molar-refractivity contribution >= 4 is 0 Å². The minimum atomic E-state index is -4.66. The maximum Gasteiger partial charge on any atom is 0.435 e. The monoisotopic (exact) mass is 266 g/mol. The molecule has 0 bridgehead atoms. The van der Waals surface area contributed by atoms with Gasteiger partial charge in [0.2, 0.25) is 0 Å². The number of nitrogens with zero attached hydrogens (tertiary/aromatic N) is 2. The number of hydrogen-bond donors (Lipinski definition) is 0. The molecule has 2 nitrogen and oxygen atoms in total. The van der Waals surface area contributed by atoms with Crippen LogP contribution in [-0.4, -0.2) is 9.78 Å². The van der Waals surface area contributed by atoms with E-state index in [0.29, 0.717) is 6.42 Å². The molecule has 0 spiro atoms. The van der Waals surface area contributed by atoms with Crippen molar-refractivity contribution in [2.75, 3.05) is 0 Å². The normalized spacial score (nSPS) is 28.1. The number of aromatic nitrogens is 2. The number of fused-ring (bicyclic) bond motifs is 3. The molecule has 0 unspecified atom stereocenters. The van der Waals surface area contributed by atoms with Gasteiger partial charge in [0.1, 0.15) is 5.69 Å². The van der Waals surface area contributed by atoms with Crippen LogP contribution in [0.2, 0.25) is 0 Å². The quantitative estimate of drug-likeness (QED) is 0.749. The van der Waals surface area contributed by atoms with Crippen molar-refractivity contribution in [3.05, 3.63) is 17.0 Å². The zero-order chi connectivity index (χ0) is 13.3. The molecule has 0 N–H and O–H groups in total. The largest absolute Gasteiger partial charge is 0.435 e. The Morgan fingerprint density at radius 3 is 2.61 bits per heavy atom. The summed E-state index contributed by atoms with van der Waals surface area (Å²) < 4.78 is 67.2. The fourth-order valence-electron chi connectivity index (χ4n) is 2.85. The number of hydrogen-bond acceptors (Lipinski definition) is 1. The van der Waals surface area contributed by atoms with Crippen LogP contribution in [0.25, 0.3) is 0 Å². The van der Waals surface area contributed by atoms with E-state index >= 15 is 0 Å². The van der Waals surface area contributed by atoms with E-state index in [4.69, 9.17) is 0 Å². The first-order valence-corrected chi connectivity index (χ1v) is 5.84. The number of alkyl halides is 5. The summed E-state index contributed by atoms with van der Waals surface area (Å²) in [5.41, 5.74) is -1.88. The van der Waals surface area contributed by atoms with Crippen molar-refractivity contribution in [1.29, 1.82) is 0 Å². The fraction of sp³-hybridized carbons (Fsp3) is 0.727. The van der Waals surface area contributed by atoms with E-state index in [-0.39, 0.29) is 18.5 Å². The molecule has 2 atom stereocenters. The van der Waals surface area contributed by atoms with Crippen LogP contribution in [0.1, 0.15) is 42.6 Å². The van der Waals surface area contributed by atoms with Gasteiger partial charge in [-0.2, -0.15) is 27.1 Å². The van der Waals surface area contributed by atoms with Gasteiger partial charge in [0.15, 0.2) is 5.69 Å².